The van der Waals surface area contributed by atoms with Crippen LogP contribution in [0.4, 0.5) is 0 Å². The Morgan fingerprint density at radius 3 is 2.55 bits per heavy atom. The van der Waals surface area contributed by atoms with E-state index >= 15 is 0 Å². The molecule has 29 heavy (non-hydrogen) atoms. The van der Waals surface area contributed by atoms with Gasteiger partial charge in [0.15, 0.2) is 0 Å². The van der Waals surface area contributed by atoms with E-state index in [0.29, 0.717) is 11.3 Å². The highest BCUT2D eigenvalue weighted by molar-refractivity contribution is 7.99. The Labute approximate surface area is 182 Å². The van der Waals surface area contributed by atoms with Gasteiger partial charge < -0.3 is 9.64 Å². The molecule has 1 aliphatic heterocycles. The number of thioether (sulfide) groups is 1. The second-order valence-corrected chi connectivity index (χ2v) is 10.8. The van der Waals surface area contributed by atoms with Gasteiger partial charge in [-0.05, 0) is 83.8 Å². The summed E-state index contributed by atoms with van der Waals surface area (Å²) in [5.74, 6) is 2.75. The standard InChI is InChI=1S/C26H37NOS/c1-20-19-27(15-13-22-17-23(28-5)9-12-25(20)22)14-6-16-29-24-10-7-21(8-11-24)18-26(2,3)4/h7-12,17,20H,6,13-16,18-19H2,1-5H3. The zero-order chi connectivity index (χ0) is 20.9. The van der Waals surface area contributed by atoms with Crippen molar-refractivity contribution in [2.24, 2.45) is 5.41 Å². The van der Waals surface area contributed by atoms with Crippen LogP contribution in [0.15, 0.2) is 47.4 Å². The quantitative estimate of drug-likeness (QED) is 0.385. The summed E-state index contributed by atoms with van der Waals surface area (Å²) in [5, 5.41) is 0. The molecule has 3 rings (SSSR count). The molecule has 0 aliphatic carbocycles. The van der Waals surface area contributed by atoms with Gasteiger partial charge in [-0.3, -0.25) is 0 Å². The first-order valence-electron chi connectivity index (χ1n) is 10.9. The van der Waals surface area contributed by atoms with Gasteiger partial charge >= 0.3 is 0 Å². The second-order valence-electron chi connectivity index (χ2n) is 9.60. The molecule has 1 atom stereocenters. The summed E-state index contributed by atoms with van der Waals surface area (Å²) in [6.45, 7) is 12.8. The molecule has 0 saturated heterocycles. The maximum Gasteiger partial charge on any atom is 0.119 e. The van der Waals surface area contributed by atoms with Gasteiger partial charge in [0, 0.05) is 18.0 Å². The first-order chi connectivity index (χ1) is 13.8. The van der Waals surface area contributed by atoms with E-state index in [2.05, 4.69) is 75.1 Å². The van der Waals surface area contributed by atoms with E-state index in [1.54, 1.807) is 7.11 Å². The maximum absolute atomic E-state index is 5.42. The minimum atomic E-state index is 0.351. The molecule has 158 valence electrons. The molecule has 0 saturated carbocycles. The highest BCUT2D eigenvalue weighted by atomic mass is 32.2. The molecule has 2 aromatic rings. The molecule has 0 amide bonds. The van der Waals surface area contributed by atoms with Gasteiger partial charge in [0.1, 0.15) is 5.75 Å². The summed E-state index contributed by atoms with van der Waals surface area (Å²) in [6.07, 6.45) is 3.50. The van der Waals surface area contributed by atoms with E-state index in [0.717, 1.165) is 31.7 Å². The van der Waals surface area contributed by atoms with Crippen LogP contribution in [-0.4, -0.2) is 37.4 Å². The van der Waals surface area contributed by atoms with Gasteiger partial charge in [-0.1, -0.05) is 45.9 Å². The Morgan fingerprint density at radius 2 is 1.86 bits per heavy atom. The van der Waals surface area contributed by atoms with Crippen LogP contribution in [0.3, 0.4) is 0 Å². The molecule has 0 N–H and O–H groups in total. The third kappa shape index (κ3) is 6.79. The fourth-order valence-corrected chi connectivity index (χ4v) is 5.10. The molecule has 2 aromatic carbocycles. The van der Waals surface area contributed by atoms with Crippen LogP contribution in [0.1, 0.15) is 56.7 Å². The molecule has 3 heteroatoms. The lowest BCUT2D eigenvalue weighted by molar-refractivity contribution is 0.273. The summed E-state index contributed by atoms with van der Waals surface area (Å²) >= 11 is 1.99. The number of methoxy groups -OCH3 is 1. The molecule has 1 heterocycles. The van der Waals surface area contributed by atoms with E-state index in [1.807, 2.05) is 11.8 Å². The Kier molecular flexibility index (Phi) is 7.70. The normalized spacial score (nSPS) is 17.6. The first-order valence-corrected chi connectivity index (χ1v) is 11.9. The molecule has 0 radical (unpaired) electrons. The summed E-state index contributed by atoms with van der Waals surface area (Å²) in [7, 11) is 1.75. The fraction of sp³-hybridized carbons (Fsp3) is 0.538. The van der Waals surface area contributed by atoms with E-state index < -0.39 is 0 Å². The lowest BCUT2D eigenvalue weighted by Crippen LogP contribution is -2.29. The SMILES string of the molecule is COc1ccc2c(c1)CCN(CCCSc1ccc(CC(C)(C)C)cc1)CC2C. The van der Waals surface area contributed by atoms with E-state index in [-0.39, 0.29) is 0 Å². The average Bonchev–Trinajstić information content (AvgIpc) is 2.83. The highest BCUT2D eigenvalue weighted by Crippen LogP contribution is 2.29. The van der Waals surface area contributed by atoms with Crippen LogP contribution in [0, 0.1) is 5.41 Å². The average molecular weight is 412 g/mol. The van der Waals surface area contributed by atoms with E-state index in [9.17, 15) is 0 Å². The van der Waals surface area contributed by atoms with Crippen LogP contribution in [-0.2, 0) is 12.8 Å². The summed E-state index contributed by atoms with van der Waals surface area (Å²) < 4.78 is 5.42. The molecule has 0 fully saturated rings. The van der Waals surface area contributed by atoms with Crippen molar-refractivity contribution in [1.82, 2.24) is 4.90 Å². The Balaban J connectivity index is 1.44. The molecule has 0 aromatic heterocycles. The molecule has 1 aliphatic rings. The number of hydrogen-bond donors (Lipinski definition) is 0. The second kappa shape index (κ2) is 10.0. The Morgan fingerprint density at radius 1 is 1.10 bits per heavy atom. The minimum Gasteiger partial charge on any atom is -0.497 e. The van der Waals surface area contributed by atoms with Crippen LogP contribution in [0.25, 0.3) is 0 Å². The topological polar surface area (TPSA) is 12.5 Å². The van der Waals surface area contributed by atoms with E-state index in [4.69, 9.17) is 4.74 Å². The van der Waals surface area contributed by atoms with Crippen molar-refractivity contribution in [2.75, 3.05) is 32.5 Å². The maximum atomic E-state index is 5.42. The fourth-order valence-electron chi connectivity index (χ4n) is 4.26. The lowest BCUT2D eigenvalue weighted by atomic mass is 9.88. The number of ether oxygens (including phenoxy) is 1. The largest absolute Gasteiger partial charge is 0.497 e. The number of hydrogen-bond acceptors (Lipinski definition) is 3. The Hall–Kier alpha value is -1.45. The van der Waals surface area contributed by atoms with Gasteiger partial charge in [0.05, 0.1) is 7.11 Å². The molecule has 0 bridgehead atoms. The van der Waals surface area contributed by atoms with E-state index in [1.165, 1.54) is 40.3 Å². The van der Waals surface area contributed by atoms with Gasteiger partial charge in [0.25, 0.3) is 0 Å². The monoisotopic (exact) mass is 411 g/mol. The van der Waals surface area contributed by atoms with Crippen LogP contribution in [0.5, 0.6) is 5.75 Å². The number of fused-ring (bicyclic) bond motifs is 1. The zero-order valence-corrected chi connectivity index (χ0v) is 19.6. The number of rotatable bonds is 7. The third-order valence-electron chi connectivity index (χ3n) is 5.66. The number of benzene rings is 2. The van der Waals surface area contributed by atoms with Gasteiger partial charge in [-0.15, -0.1) is 11.8 Å². The van der Waals surface area contributed by atoms with Crippen molar-refractivity contribution in [3.05, 3.63) is 59.2 Å². The van der Waals surface area contributed by atoms with Crippen molar-refractivity contribution in [2.45, 2.75) is 57.8 Å². The smallest absolute Gasteiger partial charge is 0.119 e. The first kappa shape index (κ1) is 22.2. The van der Waals surface area contributed by atoms with Crippen molar-refractivity contribution >= 4 is 11.8 Å². The molecular weight excluding hydrogens is 374 g/mol. The Bertz CT molecular complexity index is 778. The molecule has 2 nitrogen and oxygen atoms in total. The molecule has 0 spiro atoms. The zero-order valence-electron chi connectivity index (χ0n) is 18.8. The number of nitrogens with zero attached hydrogens (tertiary/aromatic N) is 1. The van der Waals surface area contributed by atoms with Gasteiger partial charge in [-0.25, -0.2) is 0 Å². The summed E-state index contributed by atoms with van der Waals surface area (Å²) in [4.78, 5) is 4.04. The van der Waals surface area contributed by atoms with Crippen LogP contribution < -0.4 is 4.74 Å². The van der Waals surface area contributed by atoms with Crippen molar-refractivity contribution in [1.29, 1.82) is 0 Å². The minimum absolute atomic E-state index is 0.351. The predicted octanol–water partition coefficient (Wildman–Crippen LogP) is 6.43. The van der Waals surface area contributed by atoms with Crippen molar-refractivity contribution in [3.63, 3.8) is 0 Å². The summed E-state index contributed by atoms with van der Waals surface area (Å²) in [6, 6.07) is 15.8. The summed E-state index contributed by atoms with van der Waals surface area (Å²) in [5.41, 5.74) is 4.75. The highest BCUT2D eigenvalue weighted by Gasteiger charge is 2.20. The van der Waals surface area contributed by atoms with Crippen molar-refractivity contribution in [3.8, 4) is 5.75 Å². The molecular formula is C26H37NOS. The molecule has 1 unspecified atom stereocenters. The third-order valence-corrected chi connectivity index (χ3v) is 6.75. The van der Waals surface area contributed by atoms with Crippen LogP contribution >= 0.6 is 11.8 Å². The lowest BCUT2D eigenvalue weighted by Gasteiger charge is -2.22. The van der Waals surface area contributed by atoms with Gasteiger partial charge in [-0.2, -0.15) is 0 Å². The van der Waals surface area contributed by atoms with Crippen LogP contribution in [0.2, 0.25) is 0 Å². The van der Waals surface area contributed by atoms with Crippen molar-refractivity contribution < 1.29 is 4.74 Å². The van der Waals surface area contributed by atoms with Gasteiger partial charge in [0.2, 0.25) is 0 Å². The predicted molar refractivity (Wildman–Crippen MR) is 126 cm³/mol.